The van der Waals surface area contributed by atoms with Crippen LogP contribution in [0, 0.1) is 5.92 Å². The van der Waals surface area contributed by atoms with Crippen LogP contribution in [0.5, 0.6) is 5.75 Å². The minimum absolute atomic E-state index is 0.0155. The molecule has 178 valence electrons. The van der Waals surface area contributed by atoms with Crippen molar-refractivity contribution in [3.63, 3.8) is 0 Å². The van der Waals surface area contributed by atoms with E-state index in [4.69, 9.17) is 4.74 Å². The molecule has 0 radical (unpaired) electrons. The summed E-state index contributed by atoms with van der Waals surface area (Å²) < 4.78 is 5.89. The fourth-order valence-electron chi connectivity index (χ4n) is 5.00. The number of ether oxygens (including phenoxy) is 1. The predicted molar refractivity (Wildman–Crippen MR) is 134 cm³/mol. The molecular formula is C27H43N3O2. The Balaban J connectivity index is 1.75. The number of benzene rings is 1. The average molecular weight is 442 g/mol. The summed E-state index contributed by atoms with van der Waals surface area (Å²) in [5.41, 5.74) is 4.10. The number of nitrogens with zero attached hydrogens (tertiary/aromatic N) is 3. The first-order valence-corrected chi connectivity index (χ1v) is 12.5. The molecule has 0 unspecified atom stereocenters. The van der Waals surface area contributed by atoms with Crippen LogP contribution in [-0.4, -0.2) is 69.1 Å². The number of likely N-dealkylation sites (N-methyl/N-ethyl adjacent to an activating group) is 1. The van der Waals surface area contributed by atoms with E-state index in [-0.39, 0.29) is 12.5 Å². The van der Waals surface area contributed by atoms with Crippen molar-refractivity contribution in [3.8, 4) is 5.75 Å². The first-order valence-electron chi connectivity index (χ1n) is 12.5. The first kappa shape index (κ1) is 24.6. The molecule has 0 spiro atoms. The third-order valence-corrected chi connectivity index (χ3v) is 7.27. The number of amides is 1. The summed E-state index contributed by atoms with van der Waals surface area (Å²) in [6.07, 6.45) is 7.45. The summed E-state index contributed by atoms with van der Waals surface area (Å²) in [6.45, 7) is 14.3. The van der Waals surface area contributed by atoms with Gasteiger partial charge in [-0.2, -0.15) is 0 Å². The van der Waals surface area contributed by atoms with Crippen molar-refractivity contribution in [2.75, 3.05) is 58.3 Å². The maximum absolute atomic E-state index is 12.0. The SMILES string of the molecule is C=C(C)C1CCC(c2ccc(OCC(=O)N(C)C)cc2N2CCN(CCCC)CC2)CC1. The van der Waals surface area contributed by atoms with Gasteiger partial charge in [0.2, 0.25) is 0 Å². The molecule has 2 fully saturated rings. The Bertz CT molecular complexity index is 760. The van der Waals surface area contributed by atoms with Gasteiger partial charge < -0.3 is 14.5 Å². The molecule has 1 aliphatic heterocycles. The molecule has 0 atom stereocenters. The van der Waals surface area contributed by atoms with Crippen molar-refractivity contribution in [3.05, 3.63) is 35.9 Å². The number of rotatable bonds is 9. The molecule has 5 heteroatoms. The van der Waals surface area contributed by atoms with Crippen LogP contribution in [0.1, 0.15) is 63.9 Å². The molecule has 32 heavy (non-hydrogen) atoms. The van der Waals surface area contributed by atoms with Crippen molar-refractivity contribution in [1.29, 1.82) is 0 Å². The Morgan fingerprint density at radius 1 is 1.12 bits per heavy atom. The average Bonchev–Trinajstić information content (AvgIpc) is 2.81. The van der Waals surface area contributed by atoms with Crippen molar-refractivity contribution in [2.45, 2.75) is 58.3 Å². The molecule has 5 nitrogen and oxygen atoms in total. The van der Waals surface area contributed by atoms with E-state index < -0.39 is 0 Å². The Hall–Kier alpha value is -2.01. The minimum atomic E-state index is -0.0155. The molecule has 1 heterocycles. The molecule has 0 N–H and O–H groups in total. The Morgan fingerprint density at radius 2 is 1.81 bits per heavy atom. The van der Waals surface area contributed by atoms with E-state index in [0.717, 1.165) is 31.9 Å². The number of piperazine rings is 1. The summed E-state index contributed by atoms with van der Waals surface area (Å²) >= 11 is 0. The number of hydrogen-bond acceptors (Lipinski definition) is 4. The quantitative estimate of drug-likeness (QED) is 0.509. The molecular weight excluding hydrogens is 398 g/mol. The summed E-state index contributed by atoms with van der Waals surface area (Å²) in [5, 5.41) is 0. The fourth-order valence-corrected chi connectivity index (χ4v) is 5.00. The highest BCUT2D eigenvalue weighted by Gasteiger charge is 2.27. The van der Waals surface area contributed by atoms with Gasteiger partial charge in [-0.1, -0.05) is 31.6 Å². The topological polar surface area (TPSA) is 36.0 Å². The largest absolute Gasteiger partial charge is 0.484 e. The van der Waals surface area contributed by atoms with E-state index in [2.05, 4.69) is 48.4 Å². The summed E-state index contributed by atoms with van der Waals surface area (Å²) in [6, 6.07) is 6.51. The van der Waals surface area contributed by atoms with E-state index in [1.54, 1.807) is 19.0 Å². The molecule has 1 aromatic carbocycles. The van der Waals surface area contributed by atoms with Crippen LogP contribution in [0.4, 0.5) is 5.69 Å². The van der Waals surface area contributed by atoms with Crippen LogP contribution in [0.2, 0.25) is 0 Å². The highest BCUT2D eigenvalue weighted by atomic mass is 16.5. The number of carbonyl (C=O) groups excluding carboxylic acids is 1. The van der Waals surface area contributed by atoms with Crippen LogP contribution in [0.3, 0.4) is 0 Å². The summed E-state index contributed by atoms with van der Waals surface area (Å²) in [5.74, 6) is 2.05. The number of allylic oxidation sites excluding steroid dienone is 1. The molecule has 0 bridgehead atoms. The molecule has 3 rings (SSSR count). The standard InChI is InChI=1S/C27H43N3O2/c1-6-7-14-29-15-17-30(18-16-29)26-19-24(32-20-27(31)28(4)5)12-13-25(26)23-10-8-22(9-11-23)21(2)3/h12-13,19,22-23H,2,6-11,14-18,20H2,1,3-5H3. The van der Waals surface area contributed by atoms with Crippen LogP contribution < -0.4 is 9.64 Å². The van der Waals surface area contributed by atoms with Gasteiger partial charge in [-0.05, 0) is 69.0 Å². The first-order chi connectivity index (χ1) is 15.4. The zero-order chi connectivity index (χ0) is 23.1. The normalized spacial score (nSPS) is 21.9. The predicted octanol–water partition coefficient (Wildman–Crippen LogP) is 4.93. The van der Waals surface area contributed by atoms with Gasteiger partial charge in [-0.25, -0.2) is 0 Å². The minimum Gasteiger partial charge on any atom is -0.484 e. The molecule has 2 aliphatic rings. The van der Waals surface area contributed by atoms with E-state index in [1.165, 1.54) is 61.9 Å². The van der Waals surface area contributed by atoms with Gasteiger partial charge in [-0.15, -0.1) is 0 Å². The maximum Gasteiger partial charge on any atom is 0.259 e. The van der Waals surface area contributed by atoms with Gasteiger partial charge in [0.05, 0.1) is 0 Å². The fraction of sp³-hybridized carbons (Fsp3) is 0.667. The lowest BCUT2D eigenvalue weighted by molar-refractivity contribution is -0.130. The molecule has 0 aromatic heterocycles. The van der Waals surface area contributed by atoms with Crippen molar-refractivity contribution in [1.82, 2.24) is 9.80 Å². The lowest BCUT2D eigenvalue weighted by atomic mass is 9.76. The number of hydrogen-bond donors (Lipinski definition) is 0. The summed E-state index contributed by atoms with van der Waals surface area (Å²) in [4.78, 5) is 18.7. The van der Waals surface area contributed by atoms with E-state index >= 15 is 0 Å². The van der Waals surface area contributed by atoms with E-state index in [1.807, 2.05) is 0 Å². The maximum atomic E-state index is 12.0. The van der Waals surface area contributed by atoms with Crippen molar-refractivity contribution >= 4 is 11.6 Å². The van der Waals surface area contributed by atoms with Crippen molar-refractivity contribution < 1.29 is 9.53 Å². The molecule has 1 aromatic rings. The highest BCUT2D eigenvalue weighted by Crippen LogP contribution is 2.42. The Kier molecular flexibility index (Phi) is 9.03. The molecule has 1 saturated heterocycles. The smallest absolute Gasteiger partial charge is 0.259 e. The second-order valence-electron chi connectivity index (χ2n) is 9.87. The van der Waals surface area contributed by atoms with Gasteiger partial charge in [0, 0.05) is 52.0 Å². The van der Waals surface area contributed by atoms with Gasteiger partial charge in [0.15, 0.2) is 6.61 Å². The third-order valence-electron chi connectivity index (χ3n) is 7.27. The highest BCUT2D eigenvalue weighted by molar-refractivity contribution is 5.77. The molecule has 1 aliphatic carbocycles. The zero-order valence-electron chi connectivity index (χ0n) is 20.7. The summed E-state index contributed by atoms with van der Waals surface area (Å²) in [7, 11) is 3.53. The van der Waals surface area contributed by atoms with E-state index in [0.29, 0.717) is 11.8 Å². The van der Waals surface area contributed by atoms with E-state index in [9.17, 15) is 4.79 Å². The number of unbranched alkanes of at least 4 members (excludes halogenated alkanes) is 1. The second kappa shape index (κ2) is 11.7. The molecule has 1 amide bonds. The Labute approximate surface area is 195 Å². The lowest BCUT2D eigenvalue weighted by Gasteiger charge is -2.39. The van der Waals surface area contributed by atoms with Crippen LogP contribution in [-0.2, 0) is 4.79 Å². The monoisotopic (exact) mass is 441 g/mol. The third kappa shape index (κ3) is 6.50. The zero-order valence-corrected chi connectivity index (χ0v) is 20.7. The number of anilines is 1. The van der Waals surface area contributed by atoms with Gasteiger partial charge in [0.25, 0.3) is 5.91 Å². The Morgan fingerprint density at radius 3 is 2.41 bits per heavy atom. The lowest BCUT2D eigenvalue weighted by Crippen LogP contribution is -2.47. The van der Waals surface area contributed by atoms with Gasteiger partial charge in [-0.3, -0.25) is 9.69 Å². The van der Waals surface area contributed by atoms with Gasteiger partial charge >= 0.3 is 0 Å². The molecule has 1 saturated carbocycles. The van der Waals surface area contributed by atoms with Crippen LogP contribution in [0.15, 0.2) is 30.4 Å². The number of carbonyl (C=O) groups is 1. The van der Waals surface area contributed by atoms with Crippen LogP contribution >= 0.6 is 0 Å². The van der Waals surface area contributed by atoms with Crippen LogP contribution in [0.25, 0.3) is 0 Å². The van der Waals surface area contributed by atoms with Gasteiger partial charge in [0.1, 0.15) is 5.75 Å². The van der Waals surface area contributed by atoms with Crippen molar-refractivity contribution in [2.24, 2.45) is 5.92 Å². The second-order valence-corrected chi connectivity index (χ2v) is 9.87.